The van der Waals surface area contributed by atoms with E-state index in [0.717, 1.165) is 21.0 Å². The molecule has 1 nitrogen and oxygen atoms in total. The first-order valence-corrected chi connectivity index (χ1v) is 4.04. The molecule has 0 saturated heterocycles. The molecule has 0 heterocycles. The summed E-state index contributed by atoms with van der Waals surface area (Å²) < 4.78 is 1.14. The lowest BCUT2D eigenvalue weighted by atomic mass is 10.1. The van der Waals surface area contributed by atoms with Crippen LogP contribution in [0.15, 0.2) is 18.2 Å². The predicted molar refractivity (Wildman–Crippen MR) is 49.3 cm³/mol. The molecule has 0 atom stereocenters. The van der Waals surface area contributed by atoms with Gasteiger partial charge < -0.3 is 0 Å². The predicted octanol–water partition coefficient (Wildman–Crippen LogP) is 2.41. The van der Waals surface area contributed by atoms with Gasteiger partial charge in [0.1, 0.15) is 6.29 Å². The molecule has 0 aliphatic rings. The summed E-state index contributed by atoms with van der Waals surface area (Å²) in [5.74, 6) is 0. The van der Waals surface area contributed by atoms with E-state index in [9.17, 15) is 4.79 Å². The Morgan fingerprint density at radius 1 is 1.50 bits per heavy atom. The van der Waals surface area contributed by atoms with Crippen LogP contribution in [0, 0.1) is 10.5 Å². The Morgan fingerprint density at radius 2 is 2.20 bits per heavy atom. The molecule has 1 aromatic rings. The standard InChI is InChI=1S/C8H7IO/c1-6-7(5-10)3-2-4-8(6)9/h2-5H,1H3. The van der Waals surface area contributed by atoms with Crippen LogP contribution in [0.5, 0.6) is 0 Å². The zero-order chi connectivity index (χ0) is 7.56. The van der Waals surface area contributed by atoms with Gasteiger partial charge in [0.25, 0.3) is 0 Å². The normalized spacial score (nSPS) is 9.40. The number of hydrogen-bond acceptors (Lipinski definition) is 1. The van der Waals surface area contributed by atoms with Crippen molar-refractivity contribution >= 4 is 28.9 Å². The Kier molecular flexibility index (Phi) is 2.43. The fraction of sp³-hybridized carbons (Fsp3) is 0.125. The minimum Gasteiger partial charge on any atom is -0.298 e. The summed E-state index contributed by atoms with van der Waals surface area (Å²) in [5.41, 5.74) is 1.85. The van der Waals surface area contributed by atoms with Gasteiger partial charge in [-0.2, -0.15) is 0 Å². The van der Waals surface area contributed by atoms with Crippen LogP contribution >= 0.6 is 22.6 Å². The molecule has 0 spiro atoms. The van der Waals surface area contributed by atoms with Gasteiger partial charge in [-0.25, -0.2) is 0 Å². The van der Waals surface area contributed by atoms with E-state index in [2.05, 4.69) is 22.6 Å². The van der Waals surface area contributed by atoms with Crippen LogP contribution < -0.4 is 0 Å². The highest BCUT2D eigenvalue weighted by molar-refractivity contribution is 14.1. The van der Waals surface area contributed by atoms with Crippen LogP contribution in [0.2, 0.25) is 0 Å². The molecule has 1 aromatic carbocycles. The van der Waals surface area contributed by atoms with E-state index in [4.69, 9.17) is 0 Å². The maximum atomic E-state index is 10.4. The van der Waals surface area contributed by atoms with Crippen molar-refractivity contribution in [3.63, 3.8) is 0 Å². The van der Waals surface area contributed by atoms with Gasteiger partial charge in [0.2, 0.25) is 0 Å². The summed E-state index contributed by atoms with van der Waals surface area (Å²) in [4.78, 5) is 10.4. The summed E-state index contributed by atoms with van der Waals surface area (Å²) in [6, 6.07) is 5.70. The molecule has 1 rings (SSSR count). The number of hydrogen-bond donors (Lipinski definition) is 0. The fourth-order valence-electron chi connectivity index (χ4n) is 0.752. The molecule has 0 unspecified atom stereocenters. The first-order valence-electron chi connectivity index (χ1n) is 2.96. The van der Waals surface area contributed by atoms with E-state index in [1.165, 1.54) is 0 Å². The highest BCUT2D eigenvalue weighted by Crippen LogP contribution is 2.13. The Bertz CT molecular complexity index is 255. The molecule has 0 aliphatic heterocycles. The van der Waals surface area contributed by atoms with Crippen LogP contribution in [0.1, 0.15) is 15.9 Å². The largest absolute Gasteiger partial charge is 0.298 e. The zero-order valence-electron chi connectivity index (χ0n) is 5.60. The van der Waals surface area contributed by atoms with Crippen molar-refractivity contribution in [1.29, 1.82) is 0 Å². The van der Waals surface area contributed by atoms with Crippen molar-refractivity contribution < 1.29 is 4.79 Å². The maximum Gasteiger partial charge on any atom is 0.150 e. The van der Waals surface area contributed by atoms with E-state index in [1.807, 2.05) is 25.1 Å². The minimum absolute atomic E-state index is 0.784. The van der Waals surface area contributed by atoms with Crippen molar-refractivity contribution in [2.75, 3.05) is 0 Å². The summed E-state index contributed by atoms with van der Waals surface area (Å²) >= 11 is 2.21. The van der Waals surface area contributed by atoms with E-state index >= 15 is 0 Å². The topological polar surface area (TPSA) is 17.1 Å². The summed E-state index contributed by atoms with van der Waals surface area (Å²) in [7, 11) is 0. The van der Waals surface area contributed by atoms with Crippen molar-refractivity contribution in [3.05, 3.63) is 32.9 Å². The summed E-state index contributed by atoms with van der Waals surface area (Å²) in [5, 5.41) is 0. The van der Waals surface area contributed by atoms with Crippen LogP contribution in [-0.2, 0) is 0 Å². The van der Waals surface area contributed by atoms with Crippen molar-refractivity contribution in [2.45, 2.75) is 6.92 Å². The van der Waals surface area contributed by atoms with Crippen molar-refractivity contribution in [3.8, 4) is 0 Å². The number of rotatable bonds is 1. The second-order valence-corrected chi connectivity index (χ2v) is 3.23. The van der Waals surface area contributed by atoms with Crippen molar-refractivity contribution in [2.24, 2.45) is 0 Å². The number of benzene rings is 1. The summed E-state index contributed by atoms with van der Waals surface area (Å²) in [6.07, 6.45) is 0.886. The van der Waals surface area contributed by atoms with Gasteiger partial charge in [-0.15, -0.1) is 0 Å². The molecule has 0 aliphatic carbocycles. The second kappa shape index (κ2) is 3.14. The fourth-order valence-corrected chi connectivity index (χ4v) is 1.27. The van der Waals surface area contributed by atoms with Gasteiger partial charge in [0.05, 0.1) is 0 Å². The number of carbonyl (C=O) groups excluding carboxylic acids is 1. The molecule has 0 saturated carbocycles. The molecular formula is C8H7IO. The Morgan fingerprint density at radius 3 is 2.70 bits per heavy atom. The Balaban J connectivity index is 3.27. The monoisotopic (exact) mass is 246 g/mol. The molecule has 0 aromatic heterocycles. The molecule has 52 valence electrons. The molecule has 0 amide bonds. The van der Waals surface area contributed by atoms with E-state index in [1.54, 1.807) is 0 Å². The molecule has 2 heteroatoms. The number of carbonyl (C=O) groups is 1. The molecule has 10 heavy (non-hydrogen) atoms. The van der Waals surface area contributed by atoms with Gasteiger partial charge in [-0.1, -0.05) is 12.1 Å². The highest BCUT2D eigenvalue weighted by atomic mass is 127. The number of halogens is 1. The average Bonchev–Trinajstić information content (AvgIpc) is 1.95. The third kappa shape index (κ3) is 1.37. The van der Waals surface area contributed by atoms with E-state index < -0.39 is 0 Å². The van der Waals surface area contributed by atoms with E-state index in [0.29, 0.717) is 0 Å². The first kappa shape index (κ1) is 7.72. The maximum absolute atomic E-state index is 10.4. The zero-order valence-corrected chi connectivity index (χ0v) is 7.75. The van der Waals surface area contributed by atoms with Crippen LogP contribution in [0.4, 0.5) is 0 Å². The van der Waals surface area contributed by atoms with Gasteiger partial charge in [0, 0.05) is 9.13 Å². The van der Waals surface area contributed by atoms with Gasteiger partial charge in [0.15, 0.2) is 0 Å². The Labute approximate surface area is 73.6 Å². The third-order valence-electron chi connectivity index (χ3n) is 1.44. The SMILES string of the molecule is Cc1c(I)cccc1C=O. The lowest BCUT2D eigenvalue weighted by Crippen LogP contribution is -1.87. The van der Waals surface area contributed by atoms with Crippen molar-refractivity contribution in [1.82, 2.24) is 0 Å². The first-order chi connectivity index (χ1) is 4.75. The molecule has 0 N–H and O–H groups in total. The van der Waals surface area contributed by atoms with Crippen LogP contribution in [0.3, 0.4) is 0 Å². The van der Waals surface area contributed by atoms with E-state index in [-0.39, 0.29) is 0 Å². The van der Waals surface area contributed by atoms with Gasteiger partial charge in [-0.05, 0) is 41.1 Å². The van der Waals surface area contributed by atoms with Crippen LogP contribution in [-0.4, -0.2) is 6.29 Å². The highest BCUT2D eigenvalue weighted by Gasteiger charge is 1.97. The molecule has 0 fully saturated rings. The second-order valence-electron chi connectivity index (χ2n) is 2.07. The minimum atomic E-state index is 0.784. The molecule has 0 bridgehead atoms. The van der Waals surface area contributed by atoms with Gasteiger partial charge in [-0.3, -0.25) is 4.79 Å². The lowest BCUT2D eigenvalue weighted by molar-refractivity contribution is 0.112. The summed E-state index contributed by atoms with van der Waals surface area (Å²) in [6.45, 7) is 1.95. The third-order valence-corrected chi connectivity index (χ3v) is 2.61. The molecular weight excluding hydrogens is 239 g/mol. The average molecular weight is 246 g/mol. The smallest absolute Gasteiger partial charge is 0.150 e. The molecule has 0 radical (unpaired) electrons. The van der Waals surface area contributed by atoms with Crippen LogP contribution in [0.25, 0.3) is 0 Å². The van der Waals surface area contributed by atoms with Gasteiger partial charge >= 0.3 is 0 Å². The lowest BCUT2D eigenvalue weighted by Gasteiger charge is -1.98. The Hall–Kier alpha value is -0.380. The quantitative estimate of drug-likeness (QED) is 0.549. The number of aldehydes is 1.